The second-order valence-electron chi connectivity index (χ2n) is 7.79. The van der Waals surface area contributed by atoms with Gasteiger partial charge >= 0.3 is 5.97 Å². The summed E-state index contributed by atoms with van der Waals surface area (Å²) in [6.07, 6.45) is 7.80. The molecule has 0 aromatic heterocycles. The molecule has 0 bridgehead atoms. The predicted octanol–water partition coefficient (Wildman–Crippen LogP) is 7.20. The Morgan fingerprint density at radius 2 is 1.44 bits per heavy atom. The number of hydrogen-bond acceptors (Lipinski definition) is 5. The van der Waals surface area contributed by atoms with Crippen molar-refractivity contribution in [2.75, 3.05) is 6.61 Å². The van der Waals surface area contributed by atoms with Gasteiger partial charge in [-0.05, 0) is 70.5 Å². The molecule has 0 heterocycles. The van der Waals surface area contributed by atoms with Crippen LogP contribution in [0.5, 0.6) is 23.0 Å². The molecule has 0 unspecified atom stereocenters. The average Bonchev–Trinajstić information content (AvgIpc) is 2.83. The molecule has 3 aromatic carbocycles. The Hall–Kier alpha value is -2.94. The van der Waals surface area contributed by atoms with E-state index in [1.807, 2.05) is 0 Å². The van der Waals surface area contributed by atoms with Crippen molar-refractivity contribution in [2.45, 2.75) is 45.4 Å². The summed E-state index contributed by atoms with van der Waals surface area (Å²) in [5.41, 5.74) is 2.24. The summed E-state index contributed by atoms with van der Waals surface area (Å²) >= 11 is 2.38. The minimum absolute atomic E-state index is 0.289. The number of phenolic OH excluding ortho intramolecular Hbond substituents is 3. The Morgan fingerprint density at radius 3 is 2.03 bits per heavy atom. The molecule has 0 spiro atoms. The van der Waals surface area contributed by atoms with Gasteiger partial charge in [0.15, 0.2) is 17.2 Å². The van der Waals surface area contributed by atoms with Gasteiger partial charge in [-0.2, -0.15) is 0 Å². The fourth-order valence-corrected chi connectivity index (χ4v) is 3.92. The number of rotatable bonds is 10. The lowest BCUT2D eigenvalue weighted by molar-refractivity contribution is 0.0696. The summed E-state index contributed by atoms with van der Waals surface area (Å²) in [7, 11) is 0. The van der Waals surface area contributed by atoms with Crippen LogP contribution < -0.4 is 4.74 Å². The van der Waals surface area contributed by atoms with Gasteiger partial charge in [0.1, 0.15) is 5.75 Å². The van der Waals surface area contributed by atoms with Crippen molar-refractivity contribution in [3.05, 3.63) is 69.8 Å². The number of unbranched alkanes of at least 4 members (excludes halogenated alkanes) is 5. The van der Waals surface area contributed by atoms with Gasteiger partial charge in [-0.15, -0.1) is 0 Å². The number of hydrogen-bond donors (Lipinski definition) is 4. The van der Waals surface area contributed by atoms with Crippen molar-refractivity contribution in [1.29, 1.82) is 0 Å². The van der Waals surface area contributed by atoms with E-state index in [2.05, 4.69) is 78.0 Å². The lowest BCUT2D eigenvalue weighted by Crippen LogP contribution is -1.97. The number of aromatic carboxylic acids is 1. The van der Waals surface area contributed by atoms with Crippen LogP contribution in [0.3, 0.4) is 0 Å². The first-order chi connectivity index (χ1) is 16.3. The number of carboxylic acid groups (broad SMARTS) is 1. The maximum Gasteiger partial charge on any atom is 0.335 e. The van der Waals surface area contributed by atoms with Crippen LogP contribution in [0.4, 0.5) is 0 Å². The zero-order valence-electron chi connectivity index (χ0n) is 19.2. The normalized spacial score (nSPS) is 10.3. The van der Waals surface area contributed by atoms with Gasteiger partial charge in [-0.25, -0.2) is 4.79 Å². The largest absolute Gasteiger partial charge is 0.504 e. The Balaban J connectivity index is 0.000000287. The first kappa shape index (κ1) is 27.3. The van der Waals surface area contributed by atoms with E-state index >= 15 is 0 Å². The van der Waals surface area contributed by atoms with E-state index in [4.69, 9.17) is 25.2 Å². The second kappa shape index (κ2) is 14.3. The van der Waals surface area contributed by atoms with Crippen LogP contribution in [-0.4, -0.2) is 33.0 Å². The molecule has 3 rings (SSSR count). The van der Waals surface area contributed by atoms with E-state index in [1.165, 1.54) is 46.8 Å². The van der Waals surface area contributed by atoms with Crippen molar-refractivity contribution < 1.29 is 30.0 Å². The van der Waals surface area contributed by atoms with Crippen LogP contribution >= 0.6 is 22.6 Å². The van der Waals surface area contributed by atoms with Crippen LogP contribution in [0.25, 0.3) is 11.1 Å². The molecule has 0 saturated carbocycles. The molecule has 0 aliphatic heterocycles. The molecule has 0 radical (unpaired) electrons. The monoisotopic (exact) mass is 578 g/mol. The second-order valence-corrected chi connectivity index (χ2v) is 8.95. The summed E-state index contributed by atoms with van der Waals surface area (Å²) in [5.74, 6) is -2.36. The fourth-order valence-electron chi connectivity index (χ4n) is 3.23. The minimum atomic E-state index is -1.29. The lowest BCUT2D eigenvalue weighted by atomic mass is 10.1. The van der Waals surface area contributed by atoms with Crippen LogP contribution in [-0.2, 0) is 0 Å². The molecule has 34 heavy (non-hydrogen) atoms. The molecular formula is C27H31IO6. The van der Waals surface area contributed by atoms with Gasteiger partial charge in [0.2, 0.25) is 0 Å². The van der Waals surface area contributed by atoms with Gasteiger partial charge in [-0.1, -0.05) is 69.4 Å². The van der Waals surface area contributed by atoms with Crippen molar-refractivity contribution in [3.8, 4) is 34.1 Å². The molecular weight excluding hydrogens is 547 g/mol. The van der Waals surface area contributed by atoms with E-state index in [0.717, 1.165) is 30.9 Å². The molecule has 3 aromatic rings. The highest BCUT2D eigenvalue weighted by Gasteiger charge is 2.11. The van der Waals surface area contributed by atoms with E-state index in [1.54, 1.807) is 0 Å². The van der Waals surface area contributed by atoms with E-state index in [9.17, 15) is 4.79 Å². The quantitative estimate of drug-likeness (QED) is 0.115. The van der Waals surface area contributed by atoms with Crippen molar-refractivity contribution in [2.24, 2.45) is 0 Å². The van der Waals surface area contributed by atoms with Gasteiger partial charge in [0, 0.05) is 3.57 Å². The zero-order valence-corrected chi connectivity index (χ0v) is 21.4. The minimum Gasteiger partial charge on any atom is -0.504 e. The molecule has 0 fully saturated rings. The molecule has 4 N–H and O–H groups in total. The Kier molecular flexibility index (Phi) is 11.5. The predicted molar refractivity (Wildman–Crippen MR) is 142 cm³/mol. The summed E-state index contributed by atoms with van der Waals surface area (Å²) in [6.45, 7) is 3.08. The first-order valence-electron chi connectivity index (χ1n) is 11.3. The highest BCUT2D eigenvalue weighted by molar-refractivity contribution is 14.1. The summed E-state index contributed by atoms with van der Waals surface area (Å²) in [6, 6.07) is 18.6. The van der Waals surface area contributed by atoms with Crippen molar-refractivity contribution in [1.82, 2.24) is 0 Å². The smallest absolute Gasteiger partial charge is 0.335 e. The van der Waals surface area contributed by atoms with Gasteiger partial charge < -0.3 is 25.2 Å². The number of benzene rings is 3. The molecule has 0 aliphatic rings. The van der Waals surface area contributed by atoms with Crippen LogP contribution in [0, 0.1) is 3.57 Å². The zero-order chi connectivity index (χ0) is 24.9. The third kappa shape index (κ3) is 8.78. The molecule has 6 nitrogen and oxygen atoms in total. The Bertz CT molecular complexity index is 1030. The lowest BCUT2D eigenvalue weighted by Gasteiger charge is -2.08. The Morgan fingerprint density at radius 1 is 0.853 bits per heavy atom. The van der Waals surface area contributed by atoms with Crippen LogP contribution in [0.1, 0.15) is 55.8 Å². The van der Waals surface area contributed by atoms with Crippen LogP contribution in [0.2, 0.25) is 0 Å². The maximum absolute atomic E-state index is 10.3. The van der Waals surface area contributed by atoms with Gasteiger partial charge in [-0.3, -0.25) is 0 Å². The number of carbonyl (C=O) groups is 1. The number of carboxylic acids is 1. The highest BCUT2D eigenvalue weighted by atomic mass is 127. The van der Waals surface area contributed by atoms with E-state index in [-0.39, 0.29) is 5.56 Å². The number of aromatic hydroxyl groups is 3. The molecule has 182 valence electrons. The molecule has 0 amide bonds. The molecule has 0 atom stereocenters. The van der Waals surface area contributed by atoms with E-state index in [0.29, 0.717) is 0 Å². The van der Waals surface area contributed by atoms with Gasteiger partial charge in [0.25, 0.3) is 0 Å². The van der Waals surface area contributed by atoms with Gasteiger partial charge in [0.05, 0.1) is 12.2 Å². The third-order valence-corrected chi connectivity index (χ3v) is 6.06. The third-order valence-electron chi connectivity index (χ3n) is 5.12. The van der Waals surface area contributed by atoms with Crippen LogP contribution in [0.15, 0.2) is 60.7 Å². The Labute approximate surface area is 214 Å². The molecule has 7 heteroatoms. The number of ether oxygens (including phenoxy) is 1. The summed E-state index contributed by atoms with van der Waals surface area (Å²) < 4.78 is 7.11. The topological polar surface area (TPSA) is 107 Å². The summed E-state index contributed by atoms with van der Waals surface area (Å²) in [4.78, 5) is 10.3. The maximum atomic E-state index is 10.3. The number of halogens is 1. The molecule has 0 aliphatic carbocycles. The number of phenols is 3. The highest BCUT2D eigenvalue weighted by Crippen LogP contribution is 2.35. The SMILES string of the molecule is CCCCCCCCOc1ccc(-c2ccccc2I)cc1.O=C(O)c1cc(O)c(O)c(O)c1. The molecule has 0 saturated heterocycles. The average molecular weight is 578 g/mol. The summed E-state index contributed by atoms with van der Waals surface area (Å²) in [5, 5.41) is 35.0. The van der Waals surface area contributed by atoms with Crippen molar-refractivity contribution >= 4 is 28.6 Å². The van der Waals surface area contributed by atoms with E-state index < -0.39 is 23.2 Å². The standard InChI is InChI=1S/C20H25IO.C7H6O5/c1-2-3-4-5-6-9-16-22-18-14-12-17(13-15-18)19-10-7-8-11-20(19)21;8-4-1-3(7(11)12)2-5(9)6(4)10/h7-8,10-15H,2-6,9,16H2,1H3;1-2,8-10H,(H,11,12). The fraction of sp³-hybridized carbons (Fsp3) is 0.296. The van der Waals surface area contributed by atoms with Crippen molar-refractivity contribution in [3.63, 3.8) is 0 Å². The first-order valence-corrected chi connectivity index (χ1v) is 12.4.